The number of amides is 1. The van der Waals surface area contributed by atoms with Gasteiger partial charge in [-0.3, -0.25) is 14.0 Å². The second-order valence-corrected chi connectivity index (χ2v) is 7.48. The number of alkyl halides is 1. The predicted molar refractivity (Wildman–Crippen MR) is 116 cm³/mol. The van der Waals surface area contributed by atoms with E-state index < -0.39 is 12.1 Å². The Morgan fingerprint density at radius 1 is 1.06 bits per heavy atom. The maximum absolute atomic E-state index is 13.1. The van der Waals surface area contributed by atoms with Crippen molar-refractivity contribution in [1.29, 1.82) is 0 Å². The van der Waals surface area contributed by atoms with Crippen LogP contribution in [0.25, 0.3) is 0 Å². The van der Waals surface area contributed by atoms with Gasteiger partial charge in [-0.25, -0.2) is 0 Å². The number of hydrogen-bond acceptors (Lipinski definition) is 4. The number of hydrogen-bond donors (Lipinski definition) is 1. The van der Waals surface area contributed by atoms with Gasteiger partial charge in [-0.1, -0.05) is 43.2 Å². The van der Waals surface area contributed by atoms with Crippen molar-refractivity contribution in [2.24, 2.45) is 0 Å². The van der Waals surface area contributed by atoms with Gasteiger partial charge in [0.1, 0.15) is 11.5 Å². The number of halogens is 1. The molecule has 1 heterocycles. The summed E-state index contributed by atoms with van der Waals surface area (Å²) in [7, 11) is 0. The summed E-state index contributed by atoms with van der Waals surface area (Å²) in [5, 5.41) is 9.05. The second kappa shape index (κ2) is 11.3. The number of rotatable bonds is 12. The lowest BCUT2D eigenvalue weighted by molar-refractivity contribution is -0.136. The number of carbonyl (C=O) groups excluding carboxylic acids is 1. The second-order valence-electron chi connectivity index (χ2n) is 7.48. The lowest BCUT2D eigenvalue weighted by Crippen LogP contribution is -2.47. The molecule has 7 heteroatoms. The van der Waals surface area contributed by atoms with Gasteiger partial charge in [0.2, 0.25) is 0 Å². The summed E-state index contributed by atoms with van der Waals surface area (Å²) in [5.41, 5.74) is 1.34. The molecule has 166 valence electrons. The predicted octanol–water partition coefficient (Wildman–Crippen LogP) is 4.41. The number of fused-ring (bicyclic) bond motifs is 1. The van der Waals surface area contributed by atoms with Crippen molar-refractivity contribution in [3.63, 3.8) is 0 Å². The highest BCUT2D eigenvalue weighted by Crippen LogP contribution is 2.34. The van der Waals surface area contributed by atoms with Crippen LogP contribution in [0.2, 0.25) is 0 Å². The molecule has 1 aliphatic rings. The van der Waals surface area contributed by atoms with Gasteiger partial charge >= 0.3 is 5.97 Å². The summed E-state index contributed by atoms with van der Waals surface area (Å²) in [4.78, 5) is 25.9. The molecule has 0 radical (unpaired) electrons. The van der Waals surface area contributed by atoms with Crippen molar-refractivity contribution in [3.8, 4) is 11.5 Å². The van der Waals surface area contributed by atoms with Gasteiger partial charge in [-0.05, 0) is 31.0 Å². The number of nitrogens with zero attached hydrogens (tertiary/aromatic N) is 1. The quantitative estimate of drug-likeness (QED) is 0.506. The minimum atomic E-state index is -0.930. The zero-order valence-corrected chi connectivity index (χ0v) is 17.5. The molecule has 0 aliphatic carbocycles. The van der Waals surface area contributed by atoms with Crippen LogP contribution in [0, 0.1) is 0 Å². The molecule has 1 atom stereocenters. The molecule has 0 spiro atoms. The molecule has 2 aromatic carbocycles. The number of para-hydroxylation sites is 3. The molecular formula is C24H28FNO5. The highest BCUT2D eigenvalue weighted by molar-refractivity contribution is 6.00. The summed E-state index contributed by atoms with van der Waals surface area (Å²) in [6, 6.07) is 14.4. The van der Waals surface area contributed by atoms with Crippen LogP contribution >= 0.6 is 0 Å². The summed E-state index contributed by atoms with van der Waals surface area (Å²) in [6.45, 7) is 0.473. The summed E-state index contributed by atoms with van der Waals surface area (Å²) in [6.07, 6.45) is 2.57. The molecule has 1 amide bonds. The van der Waals surface area contributed by atoms with Gasteiger partial charge in [-0.15, -0.1) is 0 Å². The maximum Gasteiger partial charge on any atom is 0.307 e. The van der Waals surface area contributed by atoms with E-state index in [0.717, 1.165) is 24.9 Å². The SMILES string of the molecule is O=C(O)Cc1ccccc1OCCC1Oc2ccccc2N(CCCCCCF)C1=O. The Balaban J connectivity index is 1.62. The fourth-order valence-corrected chi connectivity index (χ4v) is 3.64. The molecule has 0 aromatic heterocycles. The average Bonchev–Trinajstić information content (AvgIpc) is 2.76. The standard InChI is InChI=1S/C24H28FNO5/c25-14-7-1-2-8-15-26-19-10-4-6-12-21(19)31-22(24(26)29)13-16-30-20-11-5-3-9-18(20)17-23(27)28/h3-6,9-12,22H,1-2,7-8,13-17H2,(H,27,28). The highest BCUT2D eigenvalue weighted by atomic mass is 19.1. The van der Waals surface area contributed by atoms with Crippen molar-refractivity contribution in [2.75, 3.05) is 24.7 Å². The van der Waals surface area contributed by atoms with Gasteiger partial charge < -0.3 is 19.5 Å². The molecule has 0 saturated carbocycles. The Kier molecular flexibility index (Phi) is 8.27. The number of carbonyl (C=O) groups is 2. The molecule has 1 unspecified atom stereocenters. The summed E-state index contributed by atoms with van der Waals surface area (Å²) < 4.78 is 24.0. The Labute approximate surface area is 181 Å². The first-order valence-electron chi connectivity index (χ1n) is 10.7. The van der Waals surface area contributed by atoms with Crippen LogP contribution in [0.1, 0.15) is 37.7 Å². The Morgan fingerprint density at radius 3 is 2.61 bits per heavy atom. The average molecular weight is 429 g/mol. The van der Waals surface area contributed by atoms with Crippen LogP contribution in [0.15, 0.2) is 48.5 Å². The molecule has 6 nitrogen and oxygen atoms in total. The van der Waals surface area contributed by atoms with Crippen molar-refractivity contribution in [3.05, 3.63) is 54.1 Å². The van der Waals surface area contributed by atoms with E-state index in [2.05, 4.69) is 0 Å². The largest absolute Gasteiger partial charge is 0.493 e. The molecule has 31 heavy (non-hydrogen) atoms. The Bertz CT molecular complexity index is 888. The van der Waals surface area contributed by atoms with Crippen molar-refractivity contribution >= 4 is 17.6 Å². The third-order valence-corrected chi connectivity index (χ3v) is 5.18. The van der Waals surface area contributed by atoms with E-state index in [9.17, 15) is 14.0 Å². The van der Waals surface area contributed by atoms with Crippen molar-refractivity contribution < 1.29 is 28.6 Å². The summed E-state index contributed by atoms with van der Waals surface area (Å²) >= 11 is 0. The van der Waals surface area contributed by atoms with Gasteiger partial charge in [0.25, 0.3) is 5.91 Å². The van der Waals surface area contributed by atoms with Crippen LogP contribution in [0.4, 0.5) is 10.1 Å². The third-order valence-electron chi connectivity index (χ3n) is 5.18. The minimum Gasteiger partial charge on any atom is -0.493 e. The fraction of sp³-hybridized carbons (Fsp3) is 0.417. The van der Waals surface area contributed by atoms with E-state index in [1.807, 2.05) is 24.3 Å². The molecule has 1 N–H and O–H groups in total. The van der Waals surface area contributed by atoms with E-state index in [0.29, 0.717) is 36.4 Å². The topological polar surface area (TPSA) is 76.1 Å². The van der Waals surface area contributed by atoms with Crippen LogP contribution in [-0.4, -0.2) is 42.9 Å². The highest BCUT2D eigenvalue weighted by Gasteiger charge is 2.33. The number of benzene rings is 2. The van der Waals surface area contributed by atoms with Crippen LogP contribution in [0.5, 0.6) is 11.5 Å². The number of carboxylic acids is 1. The number of ether oxygens (including phenoxy) is 2. The van der Waals surface area contributed by atoms with Crippen molar-refractivity contribution in [1.82, 2.24) is 0 Å². The minimum absolute atomic E-state index is 0.119. The molecule has 1 aliphatic heterocycles. The molecule has 0 saturated heterocycles. The van der Waals surface area contributed by atoms with Gasteiger partial charge in [0.15, 0.2) is 6.10 Å². The van der Waals surface area contributed by atoms with E-state index in [-0.39, 0.29) is 25.6 Å². The monoisotopic (exact) mass is 429 g/mol. The molecule has 0 fully saturated rings. The smallest absolute Gasteiger partial charge is 0.307 e. The van der Waals surface area contributed by atoms with E-state index in [1.165, 1.54) is 0 Å². The van der Waals surface area contributed by atoms with Crippen molar-refractivity contribution in [2.45, 2.75) is 44.6 Å². The number of carboxylic acid groups (broad SMARTS) is 1. The molecule has 3 rings (SSSR count). The van der Waals surface area contributed by atoms with Gasteiger partial charge in [0.05, 0.1) is 25.4 Å². The zero-order valence-electron chi connectivity index (χ0n) is 17.5. The first kappa shape index (κ1) is 22.6. The molecule has 2 aromatic rings. The zero-order chi connectivity index (χ0) is 22.1. The normalized spacial score (nSPS) is 15.3. The molecular weight excluding hydrogens is 401 g/mol. The number of anilines is 1. The van der Waals surface area contributed by atoms with E-state index in [1.54, 1.807) is 29.2 Å². The van der Waals surface area contributed by atoms with Crippen LogP contribution < -0.4 is 14.4 Å². The number of aliphatic carboxylic acids is 1. The molecule has 0 bridgehead atoms. The Hall–Kier alpha value is -3.09. The van der Waals surface area contributed by atoms with Crippen LogP contribution in [-0.2, 0) is 16.0 Å². The lowest BCUT2D eigenvalue weighted by atomic mass is 10.1. The van der Waals surface area contributed by atoms with Gasteiger partial charge in [0, 0.05) is 18.5 Å². The maximum atomic E-state index is 13.1. The lowest BCUT2D eigenvalue weighted by Gasteiger charge is -2.34. The first-order valence-corrected chi connectivity index (χ1v) is 10.7. The first-order chi connectivity index (χ1) is 15.1. The van der Waals surface area contributed by atoms with Gasteiger partial charge in [-0.2, -0.15) is 0 Å². The van der Waals surface area contributed by atoms with E-state index >= 15 is 0 Å². The summed E-state index contributed by atoms with van der Waals surface area (Å²) in [5.74, 6) is 0.104. The fourth-order valence-electron chi connectivity index (χ4n) is 3.64. The van der Waals surface area contributed by atoms with E-state index in [4.69, 9.17) is 14.6 Å². The Morgan fingerprint density at radius 2 is 1.81 bits per heavy atom. The third kappa shape index (κ3) is 6.20. The number of unbranched alkanes of at least 4 members (excludes halogenated alkanes) is 3. The van der Waals surface area contributed by atoms with Crippen LogP contribution in [0.3, 0.4) is 0 Å².